The van der Waals surface area contributed by atoms with Crippen molar-refractivity contribution in [3.8, 4) is 11.5 Å². The lowest BCUT2D eigenvalue weighted by Gasteiger charge is -2.17. The average Bonchev–Trinajstić information content (AvgIpc) is 2.60. The molecule has 1 atom stereocenters. The molecule has 0 radical (unpaired) electrons. The second-order valence-corrected chi connectivity index (χ2v) is 7.75. The number of nitrogens with one attached hydrogen (secondary N) is 1. The maximum atomic E-state index is 6.23. The van der Waals surface area contributed by atoms with E-state index in [9.17, 15) is 0 Å². The Balaban J connectivity index is 2.18. The van der Waals surface area contributed by atoms with Crippen LogP contribution in [0, 0.1) is 0 Å². The fraction of sp³-hybridized carbons (Fsp3) is 0.400. The summed E-state index contributed by atoms with van der Waals surface area (Å²) in [6.45, 7) is 7.96. The Kier molecular flexibility index (Phi) is 8.55. The number of hydrogen-bond acceptors (Lipinski definition) is 3. The van der Waals surface area contributed by atoms with Crippen molar-refractivity contribution in [1.29, 1.82) is 0 Å². The summed E-state index contributed by atoms with van der Waals surface area (Å²) < 4.78 is 12.7. The van der Waals surface area contributed by atoms with Crippen LogP contribution in [-0.4, -0.2) is 12.6 Å². The molecule has 142 valence electrons. The third-order valence-electron chi connectivity index (χ3n) is 4.02. The van der Waals surface area contributed by atoms with E-state index >= 15 is 0 Å². The number of benzene rings is 2. The number of ether oxygens (including phenoxy) is 2. The molecule has 1 N–H and O–H groups in total. The van der Waals surface area contributed by atoms with E-state index in [0.717, 1.165) is 28.6 Å². The van der Waals surface area contributed by atoms with Gasteiger partial charge in [-0.05, 0) is 66.0 Å². The van der Waals surface area contributed by atoms with Crippen LogP contribution in [0.2, 0.25) is 10.0 Å². The second-order valence-electron chi connectivity index (χ2n) is 6.05. The van der Waals surface area contributed by atoms with Crippen LogP contribution in [-0.2, 0) is 13.2 Å². The number of hydrogen-bond donors (Lipinski definition) is 1. The largest absolute Gasteiger partial charge is 0.490 e. The van der Waals surface area contributed by atoms with Gasteiger partial charge in [0.25, 0.3) is 0 Å². The van der Waals surface area contributed by atoms with Crippen molar-refractivity contribution >= 4 is 39.1 Å². The van der Waals surface area contributed by atoms with Crippen LogP contribution in [0.4, 0.5) is 0 Å². The first-order valence-corrected chi connectivity index (χ1v) is 10.2. The summed E-state index contributed by atoms with van der Waals surface area (Å²) >= 11 is 15.8. The molecule has 0 saturated heterocycles. The molecule has 26 heavy (non-hydrogen) atoms. The monoisotopic (exact) mass is 459 g/mol. The van der Waals surface area contributed by atoms with Gasteiger partial charge < -0.3 is 14.8 Å². The van der Waals surface area contributed by atoms with Gasteiger partial charge in [-0.2, -0.15) is 0 Å². The molecule has 0 spiro atoms. The van der Waals surface area contributed by atoms with E-state index in [2.05, 4.69) is 41.2 Å². The number of halogens is 3. The summed E-state index contributed by atoms with van der Waals surface area (Å²) in [6.07, 6.45) is 1.09. The highest BCUT2D eigenvalue weighted by molar-refractivity contribution is 9.10. The van der Waals surface area contributed by atoms with Gasteiger partial charge in [-0.25, -0.2) is 0 Å². The summed E-state index contributed by atoms with van der Waals surface area (Å²) in [7, 11) is 0. The minimum Gasteiger partial charge on any atom is -0.490 e. The first-order valence-electron chi connectivity index (χ1n) is 8.69. The van der Waals surface area contributed by atoms with Gasteiger partial charge in [0.2, 0.25) is 0 Å². The highest BCUT2D eigenvalue weighted by Crippen LogP contribution is 2.38. The standard InChI is InChI=1S/C20H24BrCl2NO2/c1-4-13(3)24-11-14-8-17(21)20(19(9-14)25-5-2)26-12-15-6-7-16(22)10-18(15)23/h6-10,13,24H,4-5,11-12H2,1-3H3/t13-/m1/s1. The molecule has 0 saturated carbocycles. The van der Waals surface area contributed by atoms with Gasteiger partial charge in [-0.3, -0.25) is 0 Å². The first-order chi connectivity index (χ1) is 12.4. The van der Waals surface area contributed by atoms with E-state index < -0.39 is 0 Å². The summed E-state index contributed by atoms with van der Waals surface area (Å²) in [5.41, 5.74) is 2.01. The highest BCUT2D eigenvalue weighted by atomic mass is 79.9. The van der Waals surface area contributed by atoms with Crippen LogP contribution in [0.3, 0.4) is 0 Å². The predicted molar refractivity (Wildman–Crippen MR) is 113 cm³/mol. The highest BCUT2D eigenvalue weighted by Gasteiger charge is 2.14. The molecule has 6 heteroatoms. The van der Waals surface area contributed by atoms with Crippen molar-refractivity contribution in [2.45, 2.75) is 46.4 Å². The topological polar surface area (TPSA) is 30.5 Å². The van der Waals surface area contributed by atoms with E-state index in [-0.39, 0.29) is 0 Å². The van der Waals surface area contributed by atoms with Gasteiger partial charge in [-0.15, -0.1) is 0 Å². The predicted octanol–water partition coefficient (Wildman–Crippen LogP) is 6.62. The SMILES string of the molecule is CCOc1cc(CN[C@H](C)CC)cc(Br)c1OCc1ccc(Cl)cc1Cl. The van der Waals surface area contributed by atoms with Crippen molar-refractivity contribution < 1.29 is 9.47 Å². The minimum atomic E-state index is 0.332. The van der Waals surface area contributed by atoms with E-state index in [1.165, 1.54) is 0 Å². The van der Waals surface area contributed by atoms with Crippen LogP contribution in [0.25, 0.3) is 0 Å². The molecule has 0 aliphatic carbocycles. The van der Waals surface area contributed by atoms with E-state index in [1.54, 1.807) is 12.1 Å². The molecule has 0 aromatic heterocycles. The van der Waals surface area contributed by atoms with Gasteiger partial charge in [0.15, 0.2) is 11.5 Å². The Morgan fingerprint density at radius 1 is 1.12 bits per heavy atom. The lowest BCUT2D eigenvalue weighted by Crippen LogP contribution is -2.24. The van der Waals surface area contributed by atoms with E-state index in [0.29, 0.717) is 40.8 Å². The zero-order valence-corrected chi connectivity index (χ0v) is 18.3. The summed E-state index contributed by atoms with van der Waals surface area (Å²) in [4.78, 5) is 0. The molecule has 2 rings (SSSR count). The molecule has 0 heterocycles. The fourth-order valence-electron chi connectivity index (χ4n) is 2.35. The molecular formula is C20H24BrCl2NO2. The Morgan fingerprint density at radius 3 is 2.54 bits per heavy atom. The summed E-state index contributed by atoms with van der Waals surface area (Å²) in [5.74, 6) is 1.39. The molecule has 0 fully saturated rings. The van der Waals surface area contributed by atoms with Crippen molar-refractivity contribution in [3.05, 3.63) is 56.0 Å². The summed E-state index contributed by atoms with van der Waals surface area (Å²) in [5, 5.41) is 4.68. The molecule has 2 aromatic carbocycles. The van der Waals surface area contributed by atoms with Gasteiger partial charge in [0, 0.05) is 28.2 Å². The lowest BCUT2D eigenvalue weighted by molar-refractivity contribution is 0.267. The minimum absolute atomic E-state index is 0.332. The number of rotatable bonds is 9. The van der Waals surface area contributed by atoms with Crippen LogP contribution in [0.15, 0.2) is 34.8 Å². The van der Waals surface area contributed by atoms with Gasteiger partial charge in [0.05, 0.1) is 11.1 Å². The fourth-order valence-corrected chi connectivity index (χ4v) is 3.42. The Bertz CT molecular complexity index is 740. The van der Waals surface area contributed by atoms with Crippen LogP contribution in [0.5, 0.6) is 11.5 Å². The lowest BCUT2D eigenvalue weighted by atomic mass is 10.1. The Labute approximate surface area is 174 Å². The average molecular weight is 461 g/mol. The van der Waals surface area contributed by atoms with Crippen molar-refractivity contribution in [3.63, 3.8) is 0 Å². The van der Waals surface area contributed by atoms with E-state index in [4.69, 9.17) is 32.7 Å². The molecule has 0 unspecified atom stereocenters. The van der Waals surface area contributed by atoms with Crippen LogP contribution >= 0.6 is 39.1 Å². The van der Waals surface area contributed by atoms with Crippen molar-refractivity contribution in [1.82, 2.24) is 5.32 Å². The molecule has 3 nitrogen and oxygen atoms in total. The third-order valence-corrected chi connectivity index (χ3v) is 5.20. The zero-order chi connectivity index (χ0) is 19.1. The summed E-state index contributed by atoms with van der Waals surface area (Å²) in [6, 6.07) is 9.91. The first kappa shape index (κ1) is 21.4. The van der Waals surface area contributed by atoms with Crippen molar-refractivity contribution in [2.24, 2.45) is 0 Å². The van der Waals surface area contributed by atoms with Gasteiger partial charge in [-0.1, -0.05) is 36.2 Å². The Hall–Kier alpha value is -0.940. The maximum absolute atomic E-state index is 6.23. The Morgan fingerprint density at radius 2 is 1.88 bits per heavy atom. The molecular weight excluding hydrogens is 437 g/mol. The second kappa shape index (κ2) is 10.4. The third kappa shape index (κ3) is 6.05. The van der Waals surface area contributed by atoms with Crippen LogP contribution < -0.4 is 14.8 Å². The molecule has 0 bridgehead atoms. The normalized spacial score (nSPS) is 12.1. The smallest absolute Gasteiger partial charge is 0.175 e. The molecule has 0 aliphatic heterocycles. The van der Waals surface area contributed by atoms with Crippen molar-refractivity contribution in [2.75, 3.05) is 6.61 Å². The maximum Gasteiger partial charge on any atom is 0.175 e. The van der Waals surface area contributed by atoms with Gasteiger partial charge in [0.1, 0.15) is 6.61 Å². The van der Waals surface area contributed by atoms with E-state index in [1.807, 2.05) is 19.1 Å². The molecule has 0 aliphatic rings. The molecule has 0 amide bonds. The quantitative estimate of drug-likeness (QED) is 0.455. The van der Waals surface area contributed by atoms with Crippen LogP contribution in [0.1, 0.15) is 38.3 Å². The molecule has 2 aromatic rings. The zero-order valence-electron chi connectivity index (χ0n) is 15.2. The van der Waals surface area contributed by atoms with Gasteiger partial charge >= 0.3 is 0 Å².